The molecule has 1 fully saturated rings. The minimum Gasteiger partial charge on any atom is -0.392 e. The van der Waals surface area contributed by atoms with Gasteiger partial charge in [-0.1, -0.05) is 36.4 Å². The highest BCUT2D eigenvalue weighted by molar-refractivity contribution is 5.52. The van der Waals surface area contributed by atoms with E-state index in [1.807, 2.05) is 18.2 Å². The summed E-state index contributed by atoms with van der Waals surface area (Å²) in [6.07, 6.45) is -3.76. The first-order valence-electron chi connectivity index (χ1n) is 7.93. The summed E-state index contributed by atoms with van der Waals surface area (Å²) in [4.78, 5) is 0. The minimum absolute atomic E-state index is 0.121. The normalized spacial score (nSPS) is 21.6. The van der Waals surface area contributed by atoms with Gasteiger partial charge < -0.3 is 9.84 Å². The van der Waals surface area contributed by atoms with Crippen LogP contribution in [0, 0.1) is 0 Å². The number of aliphatic hydroxyl groups is 1. The Morgan fingerprint density at radius 3 is 2.46 bits per heavy atom. The lowest BCUT2D eigenvalue weighted by Crippen LogP contribution is -2.45. The summed E-state index contributed by atoms with van der Waals surface area (Å²) in [7, 11) is 0. The molecule has 0 saturated carbocycles. The Balaban J connectivity index is 1.87. The van der Waals surface area contributed by atoms with Crippen molar-refractivity contribution in [3.8, 4) is 0 Å². The molecule has 1 N–H and O–H groups in total. The summed E-state index contributed by atoms with van der Waals surface area (Å²) in [5, 5.41) is 9.41. The lowest BCUT2D eigenvalue weighted by Gasteiger charge is -2.39. The van der Waals surface area contributed by atoms with Gasteiger partial charge in [0.1, 0.15) is 0 Å². The number of aliphatic hydroxyl groups excluding tert-OH is 1. The number of halogens is 3. The lowest BCUT2D eigenvalue weighted by molar-refractivity contribution is -0.138. The van der Waals surface area contributed by atoms with Crippen molar-refractivity contribution >= 4 is 0 Å². The molecule has 0 aromatic heterocycles. The quantitative estimate of drug-likeness (QED) is 0.899. The van der Waals surface area contributed by atoms with Crippen molar-refractivity contribution < 1.29 is 23.0 Å². The van der Waals surface area contributed by atoms with Gasteiger partial charge in [-0.2, -0.15) is 13.2 Å². The fourth-order valence-electron chi connectivity index (χ4n) is 4.05. The summed E-state index contributed by atoms with van der Waals surface area (Å²) in [5.74, 6) is -0.326. The van der Waals surface area contributed by atoms with E-state index in [1.54, 1.807) is 12.1 Å². The molecule has 126 valence electrons. The van der Waals surface area contributed by atoms with Crippen molar-refractivity contribution in [1.29, 1.82) is 0 Å². The topological polar surface area (TPSA) is 29.5 Å². The van der Waals surface area contributed by atoms with E-state index in [-0.39, 0.29) is 17.9 Å². The van der Waals surface area contributed by atoms with E-state index in [4.69, 9.17) is 4.74 Å². The van der Waals surface area contributed by atoms with Gasteiger partial charge in [-0.05, 0) is 34.7 Å². The molecule has 0 bridgehead atoms. The molecule has 1 atom stereocenters. The lowest BCUT2D eigenvalue weighted by atomic mass is 9.78. The molecule has 1 heterocycles. The molecule has 1 aliphatic carbocycles. The average Bonchev–Trinajstić information content (AvgIpc) is 2.88. The Morgan fingerprint density at radius 2 is 1.83 bits per heavy atom. The average molecular weight is 334 g/mol. The van der Waals surface area contributed by atoms with Crippen LogP contribution >= 0.6 is 0 Å². The molecule has 2 aromatic carbocycles. The largest absolute Gasteiger partial charge is 0.416 e. The van der Waals surface area contributed by atoms with E-state index < -0.39 is 11.7 Å². The highest BCUT2D eigenvalue weighted by Gasteiger charge is 2.50. The van der Waals surface area contributed by atoms with E-state index in [2.05, 4.69) is 0 Å². The molecule has 1 spiro atoms. The number of rotatable bonds is 2. The third-order valence-electron chi connectivity index (χ3n) is 5.24. The van der Waals surface area contributed by atoms with Crippen LogP contribution < -0.4 is 0 Å². The van der Waals surface area contributed by atoms with E-state index in [9.17, 15) is 18.3 Å². The van der Waals surface area contributed by atoms with Crippen LogP contribution in [-0.4, -0.2) is 18.3 Å². The zero-order valence-corrected chi connectivity index (χ0v) is 12.9. The van der Waals surface area contributed by atoms with Crippen LogP contribution in [0.5, 0.6) is 0 Å². The summed E-state index contributed by atoms with van der Waals surface area (Å²) >= 11 is 0. The van der Waals surface area contributed by atoms with Gasteiger partial charge in [-0.25, -0.2) is 0 Å². The molecule has 4 rings (SSSR count). The molecular weight excluding hydrogens is 317 g/mol. The molecule has 24 heavy (non-hydrogen) atoms. The van der Waals surface area contributed by atoms with E-state index in [0.29, 0.717) is 25.2 Å². The van der Waals surface area contributed by atoms with E-state index in [1.165, 1.54) is 6.07 Å². The Hall–Kier alpha value is -1.85. The molecule has 0 radical (unpaired) electrons. The Morgan fingerprint density at radius 1 is 1.08 bits per heavy atom. The number of hydrogen-bond acceptors (Lipinski definition) is 2. The van der Waals surface area contributed by atoms with Gasteiger partial charge in [0, 0.05) is 11.3 Å². The van der Waals surface area contributed by atoms with Gasteiger partial charge in [0.2, 0.25) is 0 Å². The summed E-state index contributed by atoms with van der Waals surface area (Å²) in [6, 6.07) is 11.4. The zero-order valence-electron chi connectivity index (χ0n) is 12.9. The molecule has 2 aromatic rings. The van der Waals surface area contributed by atoms with Crippen molar-refractivity contribution in [2.75, 3.05) is 13.2 Å². The van der Waals surface area contributed by atoms with Crippen molar-refractivity contribution in [3.05, 3.63) is 70.3 Å². The first-order chi connectivity index (χ1) is 11.4. The second-order valence-corrected chi connectivity index (χ2v) is 6.69. The second-order valence-electron chi connectivity index (χ2n) is 6.69. The number of alkyl halides is 3. The molecule has 5 heteroatoms. The third kappa shape index (κ3) is 2.26. The van der Waals surface area contributed by atoms with Crippen LogP contribution in [0.3, 0.4) is 0 Å². The van der Waals surface area contributed by atoms with Crippen molar-refractivity contribution in [3.63, 3.8) is 0 Å². The molecule has 2 aliphatic rings. The van der Waals surface area contributed by atoms with E-state index in [0.717, 1.165) is 22.8 Å². The SMILES string of the molecule is OCc1ccc2c(c1)C(c1ccccc1C(F)(F)F)CC21COC1. The number of hydrogen-bond donors (Lipinski definition) is 1. The minimum atomic E-state index is -4.38. The zero-order chi connectivity index (χ0) is 16.9. The summed E-state index contributed by atoms with van der Waals surface area (Å²) in [6.45, 7) is 0.969. The van der Waals surface area contributed by atoms with E-state index >= 15 is 0 Å². The maximum absolute atomic E-state index is 13.4. The molecular formula is C19H17F3O2. The van der Waals surface area contributed by atoms with Gasteiger partial charge in [-0.3, -0.25) is 0 Å². The smallest absolute Gasteiger partial charge is 0.392 e. The predicted molar refractivity (Wildman–Crippen MR) is 82.8 cm³/mol. The third-order valence-corrected chi connectivity index (χ3v) is 5.24. The van der Waals surface area contributed by atoms with Crippen molar-refractivity contribution in [2.24, 2.45) is 0 Å². The highest BCUT2D eigenvalue weighted by atomic mass is 19.4. The molecule has 2 nitrogen and oxygen atoms in total. The summed E-state index contributed by atoms with van der Waals surface area (Å²) in [5.41, 5.74) is 2.22. The fourth-order valence-corrected chi connectivity index (χ4v) is 4.05. The van der Waals surface area contributed by atoms with Gasteiger partial charge in [0.05, 0.1) is 25.4 Å². The fraction of sp³-hybridized carbons (Fsp3) is 0.368. The first-order valence-corrected chi connectivity index (χ1v) is 7.93. The monoisotopic (exact) mass is 334 g/mol. The maximum Gasteiger partial charge on any atom is 0.416 e. The maximum atomic E-state index is 13.4. The van der Waals surface area contributed by atoms with Gasteiger partial charge >= 0.3 is 6.18 Å². The standard InChI is InChI=1S/C19H17F3O2/c20-19(21,22)17-4-2-1-3-13(17)15-8-18(10-24-11-18)16-6-5-12(9-23)7-14(15)16/h1-7,15,23H,8-11H2. The molecule has 1 aliphatic heterocycles. The first kappa shape index (κ1) is 15.7. The van der Waals surface area contributed by atoms with Gasteiger partial charge in [0.15, 0.2) is 0 Å². The molecule has 0 amide bonds. The van der Waals surface area contributed by atoms with Crippen molar-refractivity contribution in [1.82, 2.24) is 0 Å². The van der Waals surface area contributed by atoms with Crippen LogP contribution in [0.2, 0.25) is 0 Å². The Bertz CT molecular complexity index is 778. The number of fused-ring (bicyclic) bond motifs is 2. The number of benzene rings is 2. The summed E-state index contributed by atoms with van der Waals surface area (Å²) < 4.78 is 45.7. The Kier molecular flexibility index (Phi) is 3.48. The van der Waals surface area contributed by atoms with Crippen LogP contribution in [0.15, 0.2) is 42.5 Å². The van der Waals surface area contributed by atoms with Crippen LogP contribution in [0.4, 0.5) is 13.2 Å². The van der Waals surface area contributed by atoms with Gasteiger partial charge in [-0.15, -0.1) is 0 Å². The highest BCUT2D eigenvalue weighted by Crippen LogP contribution is 2.54. The van der Waals surface area contributed by atoms with Crippen LogP contribution in [0.1, 0.15) is 40.2 Å². The molecule has 1 unspecified atom stereocenters. The predicted octanol–water partition coefficient (Wildman–Crippen LogP) is 4.00. The second kappa shape index (κ2) is 5.33. The van der Waals surface area contributed by atoms with Crippen LogP contribution in [0.25, 0.3) is 0 Å². The van der Waals surface area contributed by atoms with Gasteiger partial charge in [0.25, 0.3) is 0 Å². The van der Waals surface area contributed by atoms with Crippen LogP contribution in [-0.2, 0) is 22.9 Å². The van der Waals surface area contributed by atoms with Crippen molar-refractivity contribution in [2.45, 2.75) is 30.5 Å². The molecule has 1 saturated heterocycles. The Labute approximate surface area is 137 Å². The number of ether oxygens (including phenoxy) is 1.